The lowest BCUT2D eigenvalue weighted by molar-refractivity contribution is -0.127. The van der Waals surface area contributed by atoms with E-state index in [0.29, 0.717) is 28.7 Å². The molecule has 1 aromatic heterocycles. The summed E-state index contributed by atoms with van der Waals surface area (Å²) in [6.45, 7) is 4.94. The summed E-state index contributed by atoms with van der Waals surface area (Å²) in [4.78, 5) is 27.7. The van der Waals surface area contributed by atoms with Crippen molar-refractivity contribution in [3.63, 3.8) is 0 Å². The van der Waals surface area contributed by atoms with Gasteiger partial charge in [-0.25, -0.2) is 4.68 Å². The molecule has 1 N–H and O–H groups in total. The smallest absolute Gasteiger partial charge is 0.253 e. The molecule has 2 amide bonds. The summed E-state index contributed by atoms with van der Waals surface area (Å²) in [5, 5.41) is 8.37. The molecule has 2 atom stereocenters. The molecule has 3 aromatic rings. The van der Waals surface area contributed by atoms with Crippen LogP contribution < -0.4 is 5.32 Å². The zero-order valence-corrected chi connectivity index (χ0v) is 20.1. The molecule has 1 saturated heterocycles. The number of rotatable bonds is 5. The molecule has 0 bridgehead atoms. The normalized spacial score (nSPS) is 17.0. The minimum Gasteiger partial charge on any atom is -0.349 e. The first-order valence-corrected chi connectivity index (χ1v) is 11.8. The van der Waals surface area contributed by atoms with E-state index in [9.17, 15) is 9.59 Å². The largest absolute Gasteiger partial charge is 0.349 e. The summed E-state index contributed by atoms with van der Waals surface area (Å²) in [5.74, 6) is -0.461. The summed E-state index contributed by atoms with van der Waals surface area (Å²) in [6.07, 6.45) is 3.31. The first-order chi connectivity index (χ1) is 15.8. The average Bonchev–Trinajstić information content (AvgIpc) is 3.22. The molecular formula is C25H26Cl2N4O2. The molecule has 1 aliphatic rings. The van der Waals surface area contributed by atoms with E-state index in [2.05, 4.69) is 10.4 Å². The quantitative estimate of drug-likeness (QED) is 0.539. The van der Waals surface area contributed by atoms with Crippen LogP contribution in [0.1, 0.15) is 47.4 Å². The topological polar surface area (TPSA) is 67.2 Å². The van der Waals surface area contributed by atoms with Gasteiger partial charge in [0.15, 0.2) is 0 Å². The molecule has 2 aromatic carbocycles. The molecule has 0 saturated carbocycles. The van der Waals surface area contributed by atoms with E-state index >= 15 is 0 Å². The number of para-hydroxylation sites is 1. The Bertz CT molecular complexity index is 1160. The Hall–Kier alpha value is -2.83. The molecule has 0 radical (unpaired) electrons. The highest BCUT2D eigenvalue weighted by Gasteiger charge is 2.30. The lowest BCUT2D eigenvalue weighted by Gasteiger charge is -2.32. The van der Waals surface area contributed by atoms with Crippen LogP contribution in [0.5, 0.6) is 0 Å². The van der Waals surface area contributed by atoms with Gasteiger partial charge < -0.3 is 10.2 Å². The van der Waals surface area contributed by atoms with Crippen LogP contribution in [-0.2, 0) is 4.79 Å². The Morgan fingerprint density at radius 3 is 2.61 bits per heavy atom. The first kappa shape index (κ1) is 23.3. The average molecular weight is 485 g/mol. The van der Waals surface area contributed by atoms with Gasteiger partial charge in [-0.1, -0.05) is 41.4 Å². The SMILES string of the molecule is Cc1c(C(C)NC(=O)C2CCCN(C(=O)c3ccc(Cl)c(Cl)c3)C2)cnn1-c1ccccc1. The van der Waals surface area contributed by atoms with Crippen molar-refractivity contribution < 1.29 is 9.59 Å². The molecule has 0 spiro atoms. The maximum absolute atomic E-state index is 13.1. The van der Waals surface area contributed by atoms with Gasteiger partial charge in [-0.05, 0) is 57.0 Å². The Labute approximate surface area is 203 Å². The number of carbonyl (C=O) groups excluding carboxylic acids is 2. The zero-order valence-electron chi connectivity index (χ0n) is 18.6. The fraction of sp³-hybridized carbons (Fsp3) is 0.320. The second-order valence-corrected chi connectivity index (χ2v) is 9.20. The van der Waals surface area contributed by atoms with Crippen LogP contribution in [-0.4, -0.2) is 39.6 Å². The van der Waals surface area contributed by atoms with Crippen molar-refractivity contribution in [1.29, 1.82) is 0 Å². The van der Waals surface area contributed by atoms with Crippen molar-refractivity contribution >= 4 is 35.0 Å². The number of aromatic nitrogens is 2. The van der Waals surface area contributed by atoms with E-state index in [0.717, 1.165) is 29.8 Å². The van der Waals surface area contributed by atoms with Crippen LogP contribution in [0.2, 0.25) is 10.0 Å². The zero-order chi connectivity index (χ0) is 23.5. The standard InChI is InChI=1S/C25H26Cl2N4O2/c1-16(21-14-28-31(17(21)2)20-8-4-3-5-9-20)29-24(32)19-7-6-12-30(15-19)25(33)18-10-11-22(26)23(27)13-18/h3-5,8-11,13-14,16,19H,6-7,12,15H2,1-2H3,(H,29,32). The van der Waals surface area contributed by atoms with Crippen LogP contribution in [0, 0.1) is 12.8 Å². The third-order valence-corrected chi connectivity index (χ3v) is 6.86. The first-order valence-electron chi connectivity index (χ1n) is 11.0. The minimum absolute atomic E-state index is 0.0546. The maximum atomic E-state index is 13.1. The Morgan fingerprint density at radius 2 is 1.88 bits per heavy atom. The maximum Gasteiger partial charge on any atom is 0.253 e. The third kappa shape index (κ3) is 5.07. The second kappa shape index (κ2) is 9.98. The number of benzene rings is 2. The van der Waals surface area contributed by atoms with Crippen LogP contribution in [0.4, 0.5) is 0 Å². The number of likely N-dealkylation sites (tertiary alicyclic amines) is 1. The number of carbonyl (C=O) groups is 2. The monoisotopic (exact) mass is 484 g/mol. The Balaban J connectivity index is 1.41. The summed E-state index contributed by atoms with van der Waals surface area (Å²) in [5.41, 5.74) is 3.40. The summed E-state index contributed by atoms with van der Waals surface area (Å²) in [7, 11) is 0. The van der Waals surface area contributed by atoms with Crippen LogP contribution in [0.15, 0.2) is 54.7 Å². The lowest BCUT2D eigenvalue weighted by Crippen LogP contribution is -2.45. The van der Waals surface area contributed by atoms with Crippen molar-refractivity contribution in [3.05, 3.63) is 81.6 Å². The fourth-order valence-electron chi connectivity index (χ4n) is 4.27. The molecule has 172 valence electrons. The second-order valence-electron chi connectivity index (χ2n) is 8.38. The molecule has 2 heterocycles. The van der Waals surface area contributed by atoms with Gasteiger partial charge in [-0.3, -0.25) is 9.59 Å². The highest BCUT2D eigenvalue weighted by atomic mass is 35.5. The Kier molecular flexibility index (Phi) is 7.05. The summed E-state index contributed by atoms with van der Waals surface area (Å²) in [6, 6.07) is 14.5. The van der Waals surface area contributed by atoms with Gasteiger partial charge in [0.25, 0.3) is 5.91 Å². The van der Waals surface area contributed by atoms with Crippen molar-refractivity contribution in [2.45, 2.75) is 32.7 Å². The number of nitrogens with zero attached hydrogens (tertiary/aromatic N) is 3. The van der Waals surface area contributed by atoms with E-state index < -0.39 is 0 Å². The van der Waals surface area contributed by atoms with E-state index in [1.807, 2.05) is 48.9 Å². The van der Waals surface area contributed by atoms with Crippen molar-refractivity contribution in [2.24, 2.45) is 5.92 Å². The van der Waals surface area contributed by atoms with Gasteiger partial charge in [0.1, 0.15) is 0 Å². The number of nitrogens with one attached hydrogen (secondary N) is 1. The molecule has 2 unspecified atom stereocenters. The van der Waals surface area contributed by atoms with Gasteiger partial charge in [0.2, 0.25) is 5.91 Å². The van der Waals surface area contributed by atoms with E-state index in [1.54, 1.807) is 29.3 Å². The number of halogens is 2. The van der Waals surface area contributed by atoms with Gasteiger partial charge >= 0.3 is 0 Å². The van der Waals surface area contributed by atoms with Crippen molar-refractivity contribution in [3.8, 4) is 5.69 Å². The fourth-order valence-corrected chi connectivity index (χ4v) is 4.57. The van der Waals surface area contributed by atoms with Gasteiger partial charge in [-0.2, -0.15) is 5.10 Å². The van der Waals surface area contributed by atoms with Crippen molar-refractivity contribution in [2.75, 3.05) is 13.1 Å². The van der Waals surface area contributed by atoms with Crippen LogP contribution in [0.3, 0.4) is 0 Å². The molecule has 1 fully saturated rings. The van der Waals surface area contributed by atoms with E-state index in [1.165, 1.54) is 0 Å². The number of piperidine rings is 1. The predicted octanol–water partition coefficient (Wildman–Crippen LogP) is 5.22. The van der Waals surface area contributed by atoms with Gasteiger partial charge in [-0.15, -0.1) is 0 Å². The molecule has 8 heteroatoms. The number of hydrogen-bond donors (Lipinski definition) is 1. The number of hydrogen-bond acceptors (Lipinski definition) is 3. The van der Waals surface area contributed by atoms with Crippen molar-refractivity contribution in [1.82, 2.24) is 20.0 Å². The molecule has 33 heavy (non-hydrogen) atoms. The highest BCUT2D eigenvalue weighted by Crippen LogP contribution is 2.26. The van der Waals surface area contributed by atoms with E-state index in [4.69, 9.17) is 23.2 Å². The summed E-state index contributed by atoms with van der Waals surface area (Å²) >= 11 is 12.0. The number of amides is 2. The van der Waals surface area contributed by atoms with Gasteiger partial charge in [0.05, 0.1) is 33.9 Å². The summed E-state index contributed by atoms with van der Waals surface area (Å²) < 4.78 is 1.87. The van der Waals surface area contributed by atoms with Crippen LogP contribution in [0.25, 0.3) is 5.69 Å². The third-order valence-electron chi connectivity index (χ3n) is 6.12. The Morgan fingerprint density at radius 1 is 1.12 bits per heavy atom. The molecule has 1 aliphatic heterocycles. The van der Waals surface area contributed by atoms with Gasteiger partial charge in [0, 0.05) is 29.9 Å². The predicted molar refractivity (Wildman–Crippen MR) is 130 cm³/mol. The molecule has 0 aliphatic carbocycles. The lowest BCUT2D eigenvalue weighted by atomic mass is 9.95. The minimum atomic E-state index is -0.266. The molecule has 6 nitrogen and oxygen atoms in total. The molecular weight excluding hydrogens is 459 g/mol. The highest BCUT2D eigenvalue weighted by molar-refractivity contribution is 6.42. The molecule has 4 rings (SSSR count). The van der Waals surface area contributed by atoms with E-state index in [-0.39, 0.29) is 23.8 Å². The van der Waals surface area contributed by atoms with Crippen LogP contribution >= 0.6 is 23.2 Å².